The Hall–Kier alpha value is -0.340. The van der Waals surface area contributed by atoms with Gasteiger partial charge in [0, 0.05) is 6.67 Å². The highest BCUT2D eigenvalue weighted by molar-refractivity contribution is 4.77. The van der Waals surface area contributed by atoms with Gasteiger partial charge in [-0.05, 0) is 26.9 Å². The summed E-state index contributed by atoms with van der Waals surface area (Å²) < 4.78 is 0. The van der Waals surface area contributed by atoms with E-state index in [4.69, 9.17) is 0 Å². The van der Waals surface area contributed by atoms with Crippen LogP contribution in [0.1, 0.15) is 13.3 Å². The van der Waals surface area contributed by atoms with E-state index >= 15 is 0 Å². The minimum atomic E-state index is 0.900. The Bertz CT molecular complexity index is 69.3. The molecule has 2 N–H and O–H groups in total. The summed E-state index contributed by atoms with van der Waals surface area (Å²) in [6.45, 7) is 4.00. The molecule has 0 spiro atoms. The summed E-state index contributed by atoms with van der Waals surface area (Å²) in [7, 11) is 1.93. The number of nitrogens with one attached hydrogen (secondary N) is 2. The standard InChI is InChI=1S/C7H16N2/c1-3-4-5-6-9-7-8-2/h3-4,8-9H,5-7H2,1-2H3/b4-3-. The van der Waals surface area contributed by atoms with Crippen LogP contribution in [0.25, 0.3) is 0 Å². The molecule has 54 valence electrons. The van der Waals surface area contributed by atoms with Crippen LogP contribution in [0.2, 0.25) is 0 Å². The van der Waals surface area contributed by atoms with Gasteiger partial charge in [0.2, 0.25) is 0 Å². The molecule has 0 bridgehead atoms. The summed E-state index contributed by atoms with van der Waals surface area (Å²) >= 11 is 0. The van der Waals surface area contributed by atoms with Crippen LogP contribution in [0.15, 0.2) is 12.2 Å². The lowest BCUT2D eigenvalue weighted by atomic mass is 10.4. The first-order valence-electron chi connectivity index (χ1n) is 3.38. The molecule has 0 saturated carbocycles. The van der Waals surface area contributed by atoms with Crippen molar-refractivity contribution in [3.05, 3.63) is 12.2 Å². The number of hydrogen-bond donors (Lipinski definition) is 2. The van der Waals surface area contributed by atoms with E-state index in [9.17, 15) is 0 Å². The van der Waals surface area contributed by atoms with Gasteiger partial charge in [-0.25, -0.2) is 0 Å². The maximum Gasteiger partial charge on any atom is 0.0451 e. The fraction of sp³-hybridized carbons (Fsp3) is 0.714. The van der Waals surface area contributed by atoms with Crippen molar-refractivity contribution < 1.29 is 0 Å². The third-order valence-corrected chi connectivity index (χ3v) is 1.03. The minimum Gasteiger partial charge on any atom is -0.308 e. The van der Waals surface area contributed by atoms with Gasteiger partial charge < -0.3 is 10.6 Å². The van der Waals surface area contributed by atoms with Crippen LogP contribution in [-0.4, -0.2) is 20.3 Å². The fourth-order valence-corrected chi connectivity index (χ4v) is 0.565. The molecule has 0 fully saturated rings. The van der Waals surface area contributed by atoms with Crippen LogP contribution in [0.5, 0.6) is 0 Å². The van der Waals surface area contributed by atoms with Crippen LogP contribution < -0.4 is 10.6 Å². The molecule has 0 aromatic rings. The van der Waals surface area contributed by atoms with Crippen LogP contribution in [0, 0.1) is 0 Å². The van der Waals surface area contributed by atoms with Gasteiger partial charge in [0.1, 0.15) is 0 Å². The highest BCUT2D eigenvalue weighted by Crippen LogP contribution is 1.77. The van der Waals surface area contributed by atoms with E-state index in [2.05, 4.69) is 22.8 Å². The van der Waals surface area contributed by atoms with Crippen LogP contribution in [0.3, 0.4) is 0 Å². The van der Waals surface area contributed by atoms with E-state index in [1.165, 1.54) is 0 Å². The Morgan fingerprint density at radius 3 is 2.78 bits per heavy atom. The Balaban J connectivity index is 2.75. The zero-order chi connectivity index (χ0) is 6.95. The predicted molar refractivity (Wildman–Crippen MR) is 41.4 cm³/mol. The van der Waals surface area contributed by atoms with Gasteiger partial charge >= 0.3 is 0 Å². The molecule has 0 amide bonds. The van der Waals surface area contributed by atoms with Gasteiger partial charge in [-0.1, -0.05) is 12.2 Å². The Labute approximate surface area is 57.3 Å². The molecule has 0 aromatic carbocycles. The molecule has 0 rings (SSSR count). The molecular weight excluding hydrogens is 112 g/mol. The summed E-state index contributed by atoms with van der Waals surface area (Å²) in [5, 5.41) is 6.22. The summed E-state index contributed by atoms with van der Waals surface area (Å²) in [4.78, 5) is 0. The molecule has 0 unspecified atom stereocenters. The molecule has 0 saturated heterocycles. The second-order valence-electron chi connectivity index (χ2n) is 1.89. The molecule has 2 heteroatoms. The number of allylic oxidation sites excluding steroid dienone is 1. The van der Waals surface area contributed by atoms with E-state index in [0.29, 0.717) is 0 Å². The van der Waals surface area contributed by atoms with E-state index in [-0.39, 0.29) is 0 Å². The van der Waals surface area contributed by atoms with Crippen molar-refractivity contribution in [2.75, 3.05) is 20.3 Å². The topological polar surface area (TPSA) is 24.1 Å². The Morgan fingerprint density at radius 2 is 2.22 bits per heavy atom. The first kappa shape index (κ1) is 8.66. The van der Waals surface area contributed by atoms with Crippen molar-refractivity contribution in [1.82, 2.24) is 10.6 Å². The average molecular weight is 128 g/mol. The van der Waals surface area contributed by atoms with Gasteiger partial charge in [0.05, 0.1) is 0 Å². The van der Waals surface area contributed by atoms with Gasteiger partial charge in [0.25, 0.3) is 0 Å². The van der Waals surface area contributed by atoms with Gasteiger partial charge in [-0.2, -0.15) is 0 Å². The van der Waals surface area contributed by atoms with Crippen LogP contribution in [0.4, 0.5) is 0 Å². The smallest absolute Gasteiger partial charge is 0.0451 e. The zero-order valence-corrected chi connectivity index (χ0v) is 6.28. The average Bonchev–Trinajstić information content (AvgIpc) is 1.89. The quantitative estimate of drug-likeness (QED) is 0.324. The van der Waals surface area contributed by atoms with Gasteiger partial charge in [-0.3, -0.25) is 0 Å². The lowest BCUT2D eigenvalue weighted by Gasteiger charge is -1.98. The van der Waals surface area contributed by atoms with E-state index in [1.54, 1.807) is 0 Å². The SMILES string of the molecule is C/C=C\CCNCNC. The summed E-state index contributed by atoms with van der Waals surface area (Å²) in [6, 6.07) is 0. The molecule has 0 aliphatic heterocycles. The third-order valence-electron chi connectivity index (χ3n) is 1.03. The lowest BCUT2D eigenvalue weighted by molar-refractivity contribution is 0.636. The first-order valence-corrected chi connectivity index (χ1v) is 3.38. The number of rotatable bonds is 5. The van der Waals surface area contributed by atoms with Gasteiger partial charge in [0.15, 0.2) is 0 Å². The van der Waals surface area contributed by atoms with Gasteiger partial charge in [-0.15, -0.1) is 0 Å². The first-order chi connectivity index (χ1) is 4.41. The summed E-state index contributed by atoms with van der Waals surface area (Å²) in [6.07, 6.45) is 5.35. The van der Waals surface area contributed by atoms with Crippen molar-refractivity contribution >= 4 is 0 Å². The van der Waals surface area contributed by atoms with Crippen LogP contribution >= 0.6 is 0 Å². The normalized spacial score (nSPS) is 10.9. The number of hydrogen-bond acceptors (Lipinski definition) is 2. The molecule has 9 heavy (non-hydrogen) atoms. The van der Waals surface area contributed by atoms with E-state index in [0.717, 1.165) is 19.6 Å². The highest BCUT2D eigenvalue weighted by atomic mass is 15.0. The van der Waals surface area contributed by atoms with E-state index < -0.39 is 0 Å². The fourth-order valence-electron chi connectivity index (χ4n) is 0.565. The third kappa shape index (κ3) is 7.66. The lowest BCUT2D eigenvalue weighted by Crippen LogP contribution is -2.26. The second-order valence-corrected chi connectivity index (χ2v) is 1.89. The van der Waals surface area contributed by atoms with Crippen molar-refractivity contribution in [1.29, 1.82) is 0 Å². The van der Waals surface area contributed by atoms with Crippen LogP contribution in [-0.2, 0) is 0 Å². The van der Waals surface area contributed by atoms with Crippen molar-refractivity contribution in [2.45, 2.75) is 13.3 Å². The Kier molecular flexibility index (Phi) is 7.37. The van der Waals surface area contributed by atoms with Crippen molar-refractivity contribution in [3.8, 4) is 0 Å². The minimum absolute atomic E-state index is 0.900. The molecule has 2 nitrogen and oxygen atoms in total. The second kappa shape index (κ2) is 7.66. The maximum atomic E-state index is 3.21. The molecule has 0 heterocycles. The monoisotopic (exact) mass is 128 g/mol. The molecular formula is C7H16N2. The van der Waals surface area contributed by atoms with E-state index in [1.807, 2.05) is 14.0 Å². The predicted octanol–water partition coefficient (Wildman–Crippen LogP) is 0.719. The maximum absolute atomic E-state index is 3.21. The largest absolute Gasteiger partial charge is 0.308 e. The molecule has 0 radical (unpaired) electrons. The highest BCUT2D eigenvalue weighted by Gasteiger charge is 1.78. The summed E-state index contributed by atoms with van der Waals surface area (Å²) in [5.74, 6) is 0. The molecule has 0 aliphatic rings. The molecule has 0 aromatic heterocycles. The zero-order valence-electron chi connectivity index (χ0n) is 6.28. The molecule has 0 aliphatic carbocycles. The summed E-state index contributed by atoms with van der Waals surface area (Å²) in [5.41, 5.74) is 0. The van der Waals surface area contributed by atoms with Crippen molar-refractivity contribution in [2.24, 2.45) is 0 Å². The van der Waals surface area contributed by atoms with Crippen molar-refractivity contribution in [3.63, 3.8) is 0 Å². The Morgan fingerprint density at radius 1 is 1.44 bits per heavy atom. The molecule has 0 atom stereocenters.